The van der Waals surface area contributed by atoms with Gasteiger partial charge in [-0.2, -0.15) is 0 Å². The van der Waals surface area contributed by atoms with Gasteiger partial charge >= 0.3 is 0 Å². The number of nitrogens with one attached hydrogen (secondary N) is 2. The van der Waals surface area contributed by atoms with E-state index in [1.165, 1.54) is 0 Å². The highest BCUT2D eigenvalue weighted by atomic mass is 35.5. The molecule has 9 heteroatoms. The Balaban J connectivity index is 1.58. The summed E-state index contributed by atoms with van der Waals surface area (Å²) < 4.78 is 7.45. The minimum Gasteiger partial charge on any atom is -0.373 e. The molecular weight excluding hydrogens is 442 g/mol. The third kappa shape index (κ3) is 4.91. The van der Waals surface area contributed by atoms with Crippen LogP contribution in [0.5, 0.6) is 0 Å². The van der Waals surface area contributed by atoms with E-state index in [9.17, 15) is 9.59 Å². The first kappa shape index (κ1) is 22.9. The molecular formula is C24H26ClN5O3. The first-order chi connectivity index (χ1) is 16.0. The van der Waals surface area contributed by atoms with Crippen molar-refractivity contribution in [2.45, 2.75) is 45.5 Å². The SMILES string of the molecule is CCC(NC(=O)c1cc(C(=O)NC(C)c2cnccn2)n2c1COCC2)c1ccccc1Cl. The summed E-state index contributed by atoms with van der Waals surface area (Å²) in [5.74, 6) is -0.550. The van der Waals surface area contributed by atoms with Crippen molar-refractivity contribution < 1.29 is 14.3 Å². The van der Waals surface area contributed by atoms with E-state index in [0.29, 0.717) is 47.2 Å². The molecule has 0 spiro atoms. The third-order valence-electron chi connectivity index (χ3n) is 5.75. The van der Waals surface area contributed by atoms with E-state index in [-0.39, 0.29) is 30.5 Å². The summed E-state index contributed by atoms with van der Waals surface area (Å²) in [6.45, 7) is 5.05. The number of halogens is 1. The molecule has 2 N–H and O–H groups in total. The second-order valence-electron chi connectivity index (χ2n) is 7.88. The lowest BCUT2D eigenvalue weighted by molar-refractivity contribution is 0.0774. The van der Waals surface area contributed by atoms with E-state index in [1.54, 1.807) is 30.7 Å². The lowest BCUT2D eigenvalue weighted by Gasteiger charge is -2.21. The highest BCUT2D eigenvalue weighted by Gasteiger charge is 2.28. The van der Waals surface area contributed by atoms with E-state index in [4.69, 9.17) is 16.3 Å². The van der Waals surface area contributed by atoms with Crippen LogP contribution in [0.4, 0.5) is 0 Å². The number of aromatic nitrogens is 3. The van der Waals surface area contributed by atoms with Crippen LogP contribution in [0.1, 0.15) is 70.1 Å². The van der Waals surface area contributed by atoms with Crippen molar-refractivity contribution in [1.29, 1.82) is 0 Å². The summed E-state index contributed by atoms with van der Waals surface area (Å²) >= 11 is 6.35. The predicted octanol–water partition coefficient (Wildman–Crippen LogP) is 3.83. The molecule has 1 aromatic carbocycles. The van der Waals surface area contributed by atoms with Gasteiger partial charge in [-0.15, -0.1) is 0 Å². The maximum atomic E-state index is 13.3. The second-order valence-corrected chi connectivity index (χ2v) is 8.28. The fourth-order valence-electron chi connectivity index (χ4n) is 3.98. The Morgan fingerprint density at radius 3 is 2.76 bits per heavy atom. The number of carbonyl (C=O) groups is 2. The van der Waals surface area contributed by atoms with E-state index < -0.39 is 0 Å². The molecule has 3 aromatic rings. The molecule has 2 aromatic heterocycles. The largest absolute Gasteiger partial charge is 0.373 e. The van der Waals surface area contributed by atoms with Gasteiger partial charge in [0.1, 0.15) is 5.69 Å². The molecule has 0 fully saturated rings. The van der Waals surface area contributed by atoms with Crippen LogP contribution < -0.4 is 10.6 Å². The summed E-state index contributed by atoms with van der Waals surface area (Å²) in [5, 5.41) is 6.62. The molecule has 1 aliphatic heterocycles. The number of fused-ring (bicyclic) bond motifs is 1. The molecule has 8 nitrogen and oxygen atoms in total. The molecule has 4 rings (SSSR count). The first-order valence-corrected chi connectivity index (χ1v) is 11.3. The van der Waals surface area contributed by atoms with Crippen LogP contribution in [-0.2, 0) is 17.9 Å². The van der Waals surface area contributed by atoms with E-state index in [2.05, 4.69) is 20.6 Å². The van der Waals surface area contributed by atoms with Gasteiger partial charge in [-0.3, -0.25) is 19.6 Å². The van der Waals surface area contributed by atoms with Crippen molar-refractivity contribution in [3.8, 4) is 0 Å². The van der Waals surface area contributed by atoms with Gasteiger partial charge in [-0.05, 0) is 31.0 Å². The molecule has 1 aliphatic rings. The summed E-state index contributed by atoms with van der Waals surface area (Å²) in [4.78, 5) is 34.7. The highest BCUT2D eigenvalue weighted by Crippen LogP contribution is 2.27. The molecule has 0 saturated heterocycles. The molecule has 2 amide bonds. The Labute approximate surface area is 197 Å². The first-order valence-electron chi connectivity index (χ1n) is 10.9. The maximum Gasteiger partial charge on any atom is 0.268 e. The third-order valence-corrected chi connectivity index (χ3v) is 6.10. The number of hydrogen-bond acceptors (Lipinski definition) is 5. The molecule has 0 aliphatic carbocycles. The van der Waals surface area contributed by atoms with Crippen molar-refractivity contribution in [2.24, 2.45) is 0 Å². The average molecular weight is 468 g/mol. The van der Waals surface area contributed by atoms with Crippen molar-refractivity contribution in [3.63, 3.8) is 0 Å². The highest BCUT2D eigenvalue weighted by molar-refractivity contribution is 6.31. The fraction of sp³-hybridized carbons (Fsp3) is 0.333. The van der Waals surface area contributed by atoms with Crippen LogP contribution in [-0.4, -0.2) is 33.0 Å². The second kappa shape index (κ2) is 10.1. The standard InChI is InChI=1S/C24H26ClN5O3/c1-3-19(16-6-4-5-7-18(16)25)29-23(31)17-12-21(30-10-11-33-14-22(17)30)24(32)28-15(2)20-13-26-8-9-27-20/h4-9,12-13,15,19H,3,10-11,14H2,1-2H3,(H,28,32)(H,29,31). The van der Waals surface area contributed by atoms with Gasteiger partial charge in [-0.1, -0.05) is 36.7 Å². The van der Waals surface area contributed by atoms with Crippen molar-refractivity contribution in [3.05, 3.63) is 82.2 Å². The van der Waals surface area contributed by atoms with E-state index >= 15 is 0 Å². The number of hydrogen-bond donors (Lipinski definition) is 2. The Morgan fingerprint density at radius 1 is 1.21 bits per heavy atom. The minimum atomic E-state index is -0.334. The lowest BCUT2D eigenvalue weighted by atomic mass is 10.0. The summed E-state index contributed by atoms with van der Waals surface area (Å²) in [5.41, 5.74) is 3.04. The lowest BCUT2D eigenvalue weighted by Crippen LogP contribution is -2.31. The Hall–Kier alpha value is -3.23. The van der Waals surface area contributed by atoms with E-state index in [1.807, 2.05) is 36.6 Å². The van der Waals surface area contributed by atoms with Gasteiger partial charge in [0.15, 0.2) is 0 Å². The molecule has 0 radical (unpaired) electrons. The predicted molar refractivity (Wildman–Crippen MR) is 124 cm³/mol. The minimum absolute atomic E-state index is 0.250. The number of ether oxygens (including phenoxy) is 1. The Kier molecular flexibility index (Phi) is 7.05. The van der Waals surface area contributed by atoms with Gasteiger partial charge < -0.3 is 19.9 Å². The van der Waals surface area contributed by atoms with Gasteiger partial charge in [0.25, 0.3) is 11.8 Å². The van der Waals surface area contributed by atoms with Crippen molar-refractivity contribution in [1.82, 2.24) is 25.2 Å². The van der Waals surface area contributed by atoms with Crippen LogP contribution in [0.3, 0.4) is 0 Å². The average Bonchev–Trinajstić information content (AvgIpc) is 3.23. The quantitative estimate of drug-likeness (QED) is 0.550. The molecule has 2 atom stereocenters. The van der Waals surface area contributed by atoms with Gasteiger partial charge in [0, 0.05) is 24.0 Å². The monoisotopic (exact) mass is 467 g/mol. The normalized spacial score (nSPS) is 14.8. The number of rotatable bonds is 7. The zero-order chi connectivity index (χ0) is 23.4. The number of benzene rings is 1. The molecule has 172 valence electrons. The fourth-order valence-corrected chi connectivity index (χ4v) is 4.25. The zero-order valence-corrected chi connectivity index (χ0v) is 19.3. The van der Waals surface area contributed by atoms with Gasteiger partial charge in [0.05, 0.1) is 48.4 Å². The Morgan fingerprint density at radius 2 is 2.03 bits per heavy atom. The molecule has 0 saturated carbocycles. The van der Waals surface area contributed by atoms with Gasteiger partial charge in [-0.25, -0.2) is 0 Å². The summed E-state index contributed by atoms with van der Waals surface area (Å²) in [6.07, 6.45) is 5.45. The van der Waals surface area contributed by atoms with Crippen molar-refractivity contribution in [2.75, 3.05) is 6.61 Å². The number of carbonyl (C=O) groups excluding carboxylic acids is 2. The zero-order valence-electron chi connectivity index (χ0n) is 18.5. The number of nitrogens with zero attached hydrogens (tertiary/aromatic N) is 3. The van der Waals surface area contributed by atoms with Crippen LogP contribution in [0.2, 0.25) is 5.02 Å². The molecule has 0 bridgehead atoms. The molecule has 2 unspecified atom stereocenters. The smallest absolute Gasteiger partial charge is 0.268 e. The maximum absolute atomic E-state index is 13.3. The topological polar surface area (TPSA) is 98.1 Å². The summed E-state index contributed by atoms with van der Waals surface area (Å²) in [6, 6.07) is 8.51. The van der Waals surface area contributed by atoms with Crippen LogP contribution in [0.25, 0.3) is 0 Å². The Bertz CT molecular complexity index is 1150. The van der Waals surface area contributed by atoms with Crippen LogP contribution in [0.15, 0.2) is 48.9 Å². The van der Waals surface area contributed by atoms with E-state index in [0.717, 1.165) is 5.56 Å². The van der Waals surface area contributed by atoms with Crippen LogP contribution >= 0.6 is 11.6 Å². The van der Waals surface area contributed by atoms with Crippen LogP contribution in [0, 0.1) is 0 Å². The summed E-state index contributed by atoms with van der Waals surface area (Å²) in [7, 11) is 0. The van der Waals surface area contributed by atoms with Crippen molar-refractivity contribution >= 4 is 23.4 Å². The van der Waals surface area contributed by atoms with Gasteiger partial charge in [0.2, 0.25) is 0 Å². The number of amides is 2. The molecule has 3 heterocycles. The molecule has 33 heavy (non-hydrogen) atoms.